The Hall–Kier alpha value is -1.42. The largest absolute Gasteiger partial charge is 0.481 e. The van der Waals surface area contributed by atoms with Gasteiger partial charge in [-0.05, 0) is 44.4 Å². The van der Waals surface area contributed by atoms with E-state index in [9.17, 15) is 4.79 Å². The minimum atomic E-state index is -0.695. The molecule has 1 atom stereocenters. The van der Waals surface area contributed by atoms with Gasteiger partial charge in [-0.1, -0.05) is 12.5 Å². The van der Waals surface area contributed by atoms with Crippen LogP contribution >= 0.6 is 0 Å². The summed E-state index contributed by atoms with van der Waals surface area (Å²) >= 11 is 0. The lowest BCUT2D eigenvalue weighted by molar-refractivity contribution is -0.137. The molecular weight excluding hydrogens is 240 g/mol. The summed E-state index contributed by atoms with van der Waals surface area (Å²) in [5.74, 6) is -0.695. The number of carboxylic acids is 1. The molecule has 2 rings (SSSR count). The molecule has 1 unspecified atom stereocenters. The van der Waals surface area contributed by atoms with E-state index in [4.69, 9.17) is 5.11 Å². The molecule has 0 spiro atoms. The summed E-state index contributed by atoms with van der Waals surface area (Å²) in [6.07, 6.45) is 6.37. The van der Waals surface area contributed by atoms with Crippen LogP contribution in [0.2, 0.25) is 0 Å². The van der Waals surface area contributed by atoms with Gasteiger partial charge in [0.1, 0.15) is 0 Å². The molecule has 1 fully saturated rings. The van der Waals surface area contributed by atoms with Gasteiger partial charge in [-0.2, -0.15) is 0 Å². The van der Waals surface area contributed by atoms with Gasteiger partial charge >= 0.3 is 5.97 Å². The molecule has 0 saturated carbocycles. The summed E-state index contributed by atoms with van der Waals surface area (Å²) in [5, 5.41) is 8.83. The Bertz CT molecular complexity index is 434. The SMILES string of the molecule is Cc1cccnc1CN1CCCCC1CCC(=O)O. The van der Waals surface area contributed by atoms with E-state index in [1.54, 1.807) is 0 Å². The maximum Gasteiger partial charge on any atom is 0.303 e. The van der Waals surface area contributed by atoms with E-state index < -0.39 is 5.97 Å². The quantitative estimate of drug-likeness (QED) is 0.886. The molecule has 1 aliphatic rings. The molecule has 1 aromatic heterocycles. The van der Waals surface area contributed by atoms with Crippen LogP contribution in [-0.2, 0) is 11.3 Å². The van der Waals surface area contributed by atoms with Crippen molar-refractivity contribution >= 4 is 5.97 Å². The number of carbonyl (C=O) groups is 1. The van der Waals surface area contributed by atoms with Crippen LogP contribution in [0.25, 0.3) is 0 Å². The van der Waals surface area contributed by atoms with Crippen LogP contribution in [0, 0.1) is 6.92 Å². The number of aliphatic carboxylic acids is 1. The normalized spacial score (nSPS) is 20.4. The number of hydrogen-bond acceptors (Lipinski definition) is 3. The summed E-state index contributed by atoms with van der Waals surface area (Å²) in [4.78, 5) is 17.6. The zero-order chi connectivity index (χ0) is 13.7. The Balaban J connectivity index is 1.99. The van der Waals surface area contributed by atoms with Crippen LogP contribution < -0.4 is 0 Å². The number of pyridine rings is 1. The van der Waals surface area contributed by atoms with E-state index in [1.165, 1.54) is 18.4 Å². The van der Waals surface area contributed by atoms with Crippen molar-refractivity contribution < 1.29 is 9.90 Å². The molecule has 0 radical (unpaired) electrons. The van der Waals surface area contributed by atoms with Gasteiger partial charge in [0, 0.05) is 25.2 Å². The van der Waals surface area contributed by atoms with Crippen molar-refractivity contribution in [1.82, 2.24) is 9.88 Å². The van der Waals surface area contributed by atoms with Crippen LogP contribution in [0.5, 0.6) is 0 Å². The lowest BCUT2D eigenvalue weighted by Crippen LogP contribution is -2.39. The molecular formula is C15H22N2O2. The molecule has 1 saturated heterocycles. The second-order valence-electron chi connectivity index (χ2n) is 5.32. The minimum absolute atomic E-state index is 0.266. The highest BCUT2D eigenvalue weighted by molar-refractivity contribution is 5.66. The number of hydrogen-bond donors (Lipinski definition) is 1. The van der Waals surface area contributed by atoms with Crippen LogP contribution in [0.15, 0.2) is 18.3 Å². The molecule has 0 bridgehead atoms. The molecule has 4 heteroatoms. The molecule has 2 heterocycles. The zero-order valence-electron chi connectivity index (χ0n) is 11.5. The molecule has 1 N–H and O–H groups in total. The Kier molecular flexibility index (Phi) is 4.91. The molecule has 0 amide bonds. The standard InChI is InChI=1S/C15H22N2O2/c1-12-5-4-9-16-14(12)11-17-10-3-2-6-13(17)7-8-15(18)19/h4-5,9,13H,2-3,6-8,10-11H2,1H3,(H,18,19). The molecule has 4 nitrogen and oxygen atoms in total. The van der Waals surface area contributed by atoms with E-state index >= 15 is 0 Å². The average Bonchev–Trinajstić information content (AvgIpc) is 2.40. The molecule has 1 aliphatic heterocycles. The van der Waals surface area contributed by atoms with Gasteiger partial charge in [0.05, 0.1) is 5.69 Å². The van der Waals surface area contributed by atoms with Gasteiger partial charge in [-0.15, -0.1) is 0 Å². The Morgan fingerprint density at radius 1 is 1.53 bits per heavy atom. The molecule has 0 aliphatic carbocycles. The second kappa shape index (κ2) is 6.66. The van der Waals surface area contributed by atoms with Crippen molar-refractivity contribution in [3.05, 3.63) is 29.6 Å². The monoisotopic (exact) mass is 262 g/mol. The smallest absolute Gasteiger partial charge is 0.303 e. The first-order valence-electron chi connectivity index (χ1n) is 7.03. The number of likely N-dealkylation sites (tertiary alicyclic amines) is 1. The van der Waals surface area contributed by atoms with Gasteiger partial charge in [-0.3, -0.25) is 14.7 Å². The summed E-state index contributed by atoms with van der Waals surface area (Å²) in [6.45, 7) is 3.98. The van der Waals surface area contributed by atoms with Crippen LogP contribution in [-0.4, -0.2) is 33.5 Å². The van der Waals surface area contributed by atoms with Crippen LogP contribution in [0.4, 0.5) is 0 Å². The first-order chi connectivity index (χ1) is 9.16. The van der Waals surface area contributed by atoms with Gasteiger partial charge in [0.25, 0.3) is 0 Å². The van der Waals surface area contributed by atoms with Gasteiger partial charge in [0.2, 0.25) is 0 Å². The Morgan fingerprint density at radius 2 is 2.37 bits per heavy atom. The lowest BCUT2D eigenvalue weighted by atomic mass is 9.97. The van der Waals surface area contributed by atoms with Crippen molar-refractivity contribution in [1.29, 1.82) is 0 Å². The van der Waals surface area contributed by atoms with Gasteiger partial charge < -0.3 is 5.11 Å². The molecule has 0 aromatic carbocycles. The fraction of sp³-hybridized carbons (Fsp3) is 0.600. The highest BCUT2D eigenvalue weighted by Gasteiger charge is 2.23. The fourth-order valence-corrected chi connectivity index (χ4v) is 2.76. The maximum atomic E-state index is 10.7. The summed E-state index contributed by atoms with van der Waals surface area (Å²) in [6, 6.07) is 4.43. The number of aromatic nitrogens is 1. The number of carboxylic acid groups (broad SMARTS) is 1. The van der Waals surface area contributed by atoms with Crippen molar-refractivity contribution in [2.45, 2.75) is 51.6 Å². The minimum Gasteiger partial charge on any atom is -0.481 e. The first kappa shape index (κ1) is 14.0. The topological polar surface area (TPSA) is 53.4 Å². The predicted octanol–water partition coefficient (Wildman–Crippen LogP) is 2.61. The van der Waals surface area contributed by atoms with E-state index in [0.717, 1.165) is 31.6 Å². The third kappa shape index (κ3) is 4.03. The van der Waals surface area contributed by atoms with Crippen LogP contribution in [0.1, 0.15) is 43.4 Å². The fourth-order valence-electron chi connectivity index (χ4n) is 2.76. The predicted molar refractivity (Wildman–Crippen MR) is 73.9 cm³/mol. The van der Waals surface area contributed by atoms with Gasteiger partial charge in [-0.25, -0.2) is 0 Å². The van der Waals surface area contributed by atoms with E-state index in [2.05, 4.69) is 22.9 Å². The maximum absolute atomic E-state index is 10.7. The third-order valence-corrected chi connectivity index (χ3v) is 3.91. The molecule has 19 heavy (non-hydrogen) atoms. The zero-order valence-corrected chi connectivity index (χ0v) is 11.5. The molecule has 1 aromatic rings. The van der Waals surface area contributed by atoms with Crippen molar-refractivity contribution in [3.63, 3.8) is 0 Å². The van der Waals surface area contributed by atoms with Crippen molar-refractivity contribution in [3.8, 4) is 0 Å². The Morgan fingerprint density at radius 3 is 3.11 bits per heavy atom. The Labute approximate surface area is 114 Å². The summed E-state index contributed by atoms with van der Waals surface area (Å²) < 4.78 is 0. The highest BCUT2D eigenvalue weighted by atomic mass is 16.4. The first-order valence-corrected chi connectivity index (χ1v) is 7.03. The van der Waals surface area contributed by atoms with E-state index in [1.807, 2.05) is 12.3 Å². The summed E-state index contributed by atoms with van der Waals surface area (Å²) in [5.41, 5.74) is 2.33. The average molecular weight is 262 g/mol. The summed E-state index contributed by atoms with van der Waals surface area (Å²) in [7, 11) is 0. The lowest BCUT2D eigenvalue weighted by Gasteiger charge is -2.35. The van der Waals surface area contributed by atoms with E-state index in [0.29, 0.717) is 6.04 Å². The number of aryl methyl sites for hydroxylation is 1. The van der Waals surface area contributed by atoms with E-state index in [-0.39, 0.29) is 6.42 Å². The second-order valence-corrected chi connectivity index (χ2v) is 5.32. The van der Waals surface area contributed by atoms with Crippen molar-refractivity contribution in [2.75, 3.05) is 6.54 Å². The third-order valence-electron chi connectivity index (χ3n) is 3.91. The van der Waals surface area contributed by atoms with Gasteiger partial charge in [0.15, 0.2) is 0 Å². The number of piperidine rings is 1. The highest BCUT2D eigenvalue weighted by Crippen LogP contribution is 2.23. The van der Waals surface area contributed by atoms with Crippen LogP contribution in [0.3, 0.4) is 0 Å². The number of rotatable bonds is 5. The number of nitrogens with zero attached hydrogens (tertiary/aromatic N) is 2. The molecule has 104 valence electrons. The van der Waals surface area contributed by atoms with Crippen molar-refractivity contribution in [2.24, 2.45) is 0 Å².